The molecule has 2 saturated heterocycles. The van der Waals surface area contributed by atoms with Gasteiger partial charge in [-0.25, -0.2) is 0 Å². The first-order chi connectivity index (χ1) is 21.9. The number of fused-ring (bicyclic) bond motifs is 2. The van der Waals surface area contributed by atoms with E-state index in [1.54, 1.807) is 13.3 Å². The van der Waals surface area contributed by atoms with Gasteiger partial charge in [0.2, 0.25) is 0 Å². The third-order valence-electron chi connectivity index (χ3n) is 9.29. The minimum Gasteiger partial charge on any atom is -0.371 e. The molecular weight excluding hydrogens is 610 g/mol. The summed E-state index contributed by atoms with van der Waals surface area (Å²) in [6, 6.07) is 21.1. The summed E-state index contributed by atoms with van der Waals surface area (Å²) in [4.78, 5) is 4.44. The topological polar surface area (TPSA) is 49.7 Å². The Morgan fingerprint density at radius 1 is 0.870 bits per heavy atom. The van der Waals surface area contributed by atoms with Gasteiger partial charge in [0.25, 0.3) is 0 Å². The minimum absolute atomic E-state index is 0.0578. The molecule has 6 nitrogen and oxygen atoms in total. The van der Waals surface area contributed by atoms with Gasteiger partial charge in [-0.1, -0.05) is 60.7 Å². The van der Waals surface area contributed by atoms with Crippen LogP contribution in [0.5, 0.6) is 0 Å². The molecule has 3 aromatic rings. The van der Waals surface area contributed by atoms with E-state index in [4.69, 9.17) is 9.47 Å². The Bertz CT molecular complexity index is 1550. The van der Waals surface area contributed by atoms with Gasteiger partial charge >= 0.3 is 12.4 Å². The Morgan fingerprint density at radius 3 is 2.11 bits per heavy atom. The van der Waals surface area contributed by atoms with Crippen LogP contribution in [0.15, 0.2) is 89.1 Å². The summed E-state index contributed by atoms with van der Waals surface area (Å²) in [7, 11) is 1.62. The maximum atomic E-state index is 13.6. The second kappa shape index (κ2) is 12.5. The van der Waals surface area contributed by atoms with Crippen LogP contribution in [-0.2, 0) is 40.5 Å². The van der Waals surface area contributed by atoms with Crippen molar-refractivity contribution in [3.8, 4) is 0 Å². The molecule has 2 fully saturated rings. The van der Waals surface area contributed by atoms with Crippen molar-refractivity contribution < 1.29 is 35.8 Å². The summed E-state index contributed by atoms with van der Waals surface area (Å²) in [6.07, 6.45) is -7.64. The highest BCUT2D eigenvalue weighted by Gasteiger charge is 2.64. The largest absolute Gasteiger partial charge is 0.416 e. The summed E-state index contributed by atoms with van der Waals surface area (Å²) < 4.78 is 93.7. The minimum atomic E-state index is -4.94. The van der Waals surface area contributed by atoms with Crippen molar-refractivity contribution in [3.63, 3.8) is 0 Å². The van der Waals surface area contributed by atoms with Gasteiger partial charge in [0.05, 0.1) is 35.4 Å². The average molecular weight is 645 g/mol. The van der Waals surface area contributed by atoms with Crippen LogP contribution in [-0.4, -0.2) is 53.9 Å². The van der Waals surface area contributed by atoms with E-state index in [1.807, 2.05) is 67.6 Å². The summed E-state index contributed by atoms with van der Waals surface area (Å²) in [6.45, 7) is 2.45. The molecule has 0 aliphatic carbocycles. The van der Waals surface area contributed by atoms with Crippen LogP contribution in [0.3, 0.4) is 0 Å². The van der Waals surface area contributed by atoms with Gasteiger partial charge in [-0.15, -0.1) is 5.10 Å². The molecule has 2 bridgehead atoms. The summed E-state index contributed by atoms with van der Waals surface area (Å²) in [5.41, 5.74) is -1.65. The molecule has 244 valence electrons. The number of nitrogens with zero attached hydrogens (tertiary/aromatic N) is 4. The quantitative estimate of drug-likeness (QED) is 0.227. The summed E-state index contributed by atoms with van der Waals surface area (Å²) in [5.74, 6) is 0.688. The van der Waals surface area contributed by atoms with Gasteiger partial charge in [-0.05, 0) is 54.7 Å². The highest BCUT2D eigenvalue weighted by molar-refractivity contribution is 5.90. The number of rotatable bonds is 9. The summed E-state index contributed by atoms with van der Waals surface area (Å²) in [5, 5.41) is 8.87. The van der Waals surface area contributed by atoms with Crippen molar-refractivity contribution in [2.24, 2.45) is 16.1 Å². The van der Waals surface area contributed by atoms with Crippen LogP contribution in [0.2, 0.25) is 0 Å². The zero-order valence-corrected chi connectivity index (χ0v) is 25.3. The highest BCUT2D eigenvalue weighted by atomic mass is 19.4. The van der Waals surface area contributed by atoms with Gasteiger partial charge in [-0.2, -0.15) is 31.4 Å². The van der Waals surface area contributed by atoms with E-state index < -0.39 is 41.7 Å². The fraction of sp³-hybridized carbons (Fsp3) is 0.412. The normalized spacial score (nSPS) is 26.5. The molecule has 0 spiro atoms. The van der Waals surface area contributed by atoms with Crippen LogP contribution < -0.4 is 0 Å². The van der Waals surface area contributed by atoms with E-state index in [-0.39, 0.29) is 29.6 Å². The molecule has 6 rings (SSSR count). The number of alkyl halides is 6. The first kappa shape index (κ1) is 32.2. The van der Waals surface area contributed by atoms with E-state index in [9.17, 15) is 26.3 Å². The molecule has 0 N–H and O–H groups in total. The number of methoxy groups -OCH3 is 1. The smallest absolute Gasteiger partial charge is 0.371 e. The van der Waals surface area contributed by atoms with Crippen LogP contribution in [0.25, 0.3) is 0 Å². The zero-order valence-electron chi connectivity index (χ0n) is 25.3. The van der Waals surface area contributed by atoms with E-state index >= 15 is 0 Å². The van der Waals surface area contributed by atoms with Crippen molar-refractivity contribution in [3.05, 3.63) is 107 Å². The standard InChI is InChI=1S/C34H34F6N4O2/c1-22-18-41-42-31(43(22)21-45-2)28-17-32(25-11-7-4-8-12-25)30(16-29(28)44(32)19-23-9-5-3-6-10-23)46-20-24-13-26(33(35,36)37)15-27(14-24)34(38,39)40/h3-15,18,22,28-30H,16-17,19-21H2,1-2H3. The molecule has 5 atom stereocenters. The van der Waals surface area contributed by atoms with E-state index in [0.717, 1.165) is 29.1 Å². The first-order valence-electron chi connectivity index (χ1n) is 15.0. The second-order valence-electron chi connectivity index (χ2n) is 12.1. The van der Waals surface area contributed by atoms with Crippen molar-refractivity contribution in [1.29, 1.82) is 0 Å². The molecule has 0 aromatic heterocycles. The van der Waals surface area contributed by atoms with Crippen molar-refractivity contribution in [2.45, 2.75) is 69.0 Å². The number of halogens is 6. The number of amidine groups is 1. The molecule has 0 saturated carbocycles. The van der Waals surface area contributed by atoms with Gasteiger partial charge in [0.1, 0.15) is 12.6 Å². The lowest BCUT2D eigenvalue weighted by atomic mass is 9.74. The lowest BCUT2D eigenvalue weighted by Crippen LogP contribution is -2.49. The van der Waals surface area contributed by atoms with Gasteiger partial charge < -0.3 is 14.4 Å². The predicted molar refractivity (Wildman–Crippen MR) is 161 cm³/mol. The van der Waals surface area contributed by atoms with Crippen LogP contribution in [0.1, 0.15) is 47.6 Å². The molecule has 3 aliphatic heterocycles. The molecule has 3 aromatic carbocycles. The molecule has 5 unspecified atom stereocenters. The molecule has 3 aliphatic rings. The Hall–Kier alpha value is -3.74. The molecule has 0 radical (unpaired) electrons. The van der Waals surface area contributed by atoms with Crippen molar-refractivity contribution in [1.82, 2.24) is 9.80 Å². The van der Waals surface area contributed by atoms with E-state index in [0.29, 0.717) is 26.1 Å². The zero-order chi connectivity index (χ0) is 32.7. The lowest BCUT2D eigenvalue weighted by molar-refractivity contribution is -0.143. The number of benzene rings is 3. The first-order valence-corrected chi connectivity index (χ1v) is 15.0. The number of ether oxygens (including phenoxy) is 2. The summed E-state index contributed by atoms with van der Waals surface area (Å²) >= 11 is 0. The van der Waals surface area contributed by atoms with E-state index in [1.165, 1.54) is 0 Å². The third-order valence-corrected chi connectivity index (χ3v) is 9.29. The molecule has 0 amide bonds. The van der Waals surface area contributed by atoms with Crippen LogP contribution >= 0.6 is 0 Å². The maximum Gasteiger partial charge on any atom is 0.416 e. The maximum absolute atomic E-state index is 13.6. The van der Waals surface area contributed by atoms with E-state index in [2.05, 4.69) is 20.0 Å². The Labute approximate surface area is 263 Å². The second-order valence-corrected chi connectivity index (χ2v) is 12.1. The Kier molecular flexibility index (Phi) is 8.73. The highest BCUT2D eigenvalue weighted by Crippen LogP contribution is 2.58. The molecule has 46 heavy (non-hydrogen) atoms. The van der Waals surface area contributed by atoms with Gasteiger partial charge in [-0.3, -0.25) is 4.90 Å². The Balaban J connectivity index is 1.40. The average Bonchev–Trinajstić information content (AvgIpc) is 3.50. The van der Waals surface area contributed by atoms with Crippen molar-refractivity contribution >= 4 is 12.1 Å². The lowest BCUT2D eigenvalue weighted by Gasteiger charge is -2.41. The SMILES string of the molecule is COCN1C(C2CC3(c4ccccc4)C(OCc4cc(C(F)(F)F)cc(C(F)(F)F)c4)CC2N3Cc2ccccc2)=NN=CC1C. The fourth-order valence-electron chi connectivity index (χ4n) is 7.27. The fourth-order valence-corrected chi connectivity index (χ4v) is 7.27. The van der Waals surface area contributed by atoms with Crippen LogP contribution in [0.4, 0.5) is 26.3 Å². The Morgan fingerprint density at radius 2 is 1.50 bits per heavy atom. The molecule has 12 heteroatoms. The van der Waals surface area contributed by atoms with Gasteiger partial charge in [0, 0.05) is 31.8 Å². The molecular formula is C34H34F6N4O2. The number of hydrogen-bond acceptors (Lipinski definition) is 6. The number of hydrogen-bond donors (Lipinski definition) is 0. The van der Waals surface area contributed by atoms with Crippen LogP contribution in [0, 0.1) is 5.92 Å². The predicted octanol–water partition coefficient (Wildman–Crippen LogP) is 7.49. The van der Waals surface area contributed by atoms with Gasteiger partial charge in [0.15, 0.2) is 0 Å². The third kappa shape index (κ3) is 6.05. The molecule has 3 heterocycles. The monoisotopic (exact) mass is 644 g/mol. The van der Waals surface area contributed by atoms with Crippen molar-refractivity contribution in [2.75, 3.05) is 13.8 Å².